The molecule has 2 aromatic carbocycles. The quantitative estimate of drug-likeness (QED) is 0.873. The van der Waals surface area contributed by atoms with E-state index < -0.39 is 0 Å². The lowest BCUT2D eigenvalue weighted by molar-refractivity contribution is -0.115. The highest BCUT2D eigenvalue weighted by Gasteiger charge is 2.28. The average Bonchev–Trinajstić information content (AvgIpc) is 2.48. The van der Waals surface area contributed by atoms with Crippen molar-refractivity contribution in [2.24, 2.45) is 0 Å². The van der Waals surface area contributed by atoms with Crippen LogP contribution in [-0.4, -0.2) is 18.4 Å². The largest absolute Gasteiger partial charge is 0.323 e. The Hall–Kier alpha value is -2.62. The van der Waals surface area contributed by atoms with Gasteiger partial charge in [-0.15, -0.1) is 0 Å². The normalized spacial score (nSPS) is 13.6. The summed E-state index contributed by atoms with van der Waals surface area (Å²) >= 11 is 0. The zero-order valence-electron chi connectivity index (χ0n) is 12.0. The monoisotopic (exact) mass is 280 g/mol. The second-order valence-electron chi connectivity index (χ2n) is 5.27. The second-order valence-corrected chi connectivity index (χ2v) is 5.27. The van der Waals surface area contributed by atoms with E-state index >= 15 is 0 Å². The van der Waals surface area contributed by atoms with E-state index in [2.05, 4.69) is 5.32 Å². The third kappa shape index (κ3) is 2.40. The number of hydrogen-bond acceptors (Lipinski definition) is 2. The fourth-order valence-electron chi connectivity index (χ4n) is 2.53. The molecule has 4 heteroatoms. The maximum atomic E-state index is 12.8. The van der Waals surface area contributed by atoms with Crippen molar-refractivity contribution in [1.82, 2.24) is 0 Å². The maximum Gasteiger partial charge on any atom is 0.259 e. The molecule has 0 bridgehead atoms. The van der Waals surface area contributed by atoms with E-state index in [1.165, 1.54) is 4.90 Å². The summed E-state index contributed by atoms with van der Waals surface area (Å²) in [4.78, 5) is 26.2. The third-order valence-electron chi connectivity index (χ3n) is 3.64. The summed E-state index contributed by atoms with van der Waals surface area (Å²) in [5.41, 5.74) is 3.99. The van der Waals surface area contributed by atoms with Crippen molar-refractivity contribution < 1.29 is 9.59 Å². The highest BCUT2D eigenvalue weighted by molar-refractivity contribution is 6.15. The number of nitrogens with zero attached hydrogens (tertiary/aromatic N) is 1. The number of anilines is 2. The van der Waals surface area contributed by atoms with Crippen LogP contribution < -0.4 is 10.2 Å². The number of rotatable bonds is 1. The van der Waals surface area contributed by atoms with E-state index in [-0.39, 0.29) is 18.4 Å². The van der Waals surface area contributed by atoms with Crippen LogP contribution >= 0.6 is 0 Å². The van der Waals surface area contributed by atoms with Crippen molar-refractivity contribution in [3.63, 3.8) is 0 Å². The van der Waals surface area contributed by atoms with Gasteiger partial charge in [-0.25, -0.2) is 0 Å². The lowest BCUT2D eigenvalue weighted by Crippen LogP contribution is -2.42. The number of para-hydroxylation sites is 2. The van der Waals surface area contributed by atoms with Crippen LogP contribution in [0.3, 0.4) is 0 Å². The van der Waals surface area contributed by atoms with E-state index in [0.29, 0.717) is 11.3 Å². The van der Waals surface area contributed by atoms with Crippen LogP contribution in [0.4, 0.5) is 11.4 Å². The fourth-order valence-corrected chi connectivity index (χ4v) is 2.53. The molecule has 21 heavy (non-hydrogen) atoms. The number of carbonyl (C=O) groups is 2. The van der Waals surface area contributed by atoms with Gasteiger partial charge in [0.1, 0.15) is 6.54 Å². The molecule has 2 amide bonds. The molecule has 0 atom stereocenters. The molecule has 0 unspecified atom stereocenters. The number of amides is 2. The summed E-state index contributed by atoms with van der Waals surface area (Å²) in [5.74, 6) is -0.314. The van der Waals surface area contributed by atoms with Crippen LogP contribution in [-0.2, 0) is 4.79 Å². The Morgan fingerprint density at radius 1 is 1.14 bits per heavy atom. The van der Waals surface area contributed by atoms with E-state index in [0.717, 1.165) is 16.8 Å². The Bertz CT molecular complexity index is 737. The van der Waals surface area contributed by atoms with Gasteiger partial charge in [0.25, 0.3) is 5.91 Å². The minimum absolute atomic E-state index is 0.0449. The number of benzene rings is 2. The van der Waals surface area contributed by atoms with Crippen LogP contribution in [0, 0.1) is 13.8 Å². The Kier molecular flexibility index (Phi) is 3.22. The predicted octanol–water partition coefficient (Wildman–Crippen LogP) is 2.90. The van der Waals surface area contributed by atoms with Gasteiger partial charge < -0.3 is 5.32 Å². The second kappa shape index (κ2) is 5.05. The van der Waals surface area contributed by atoms with E-state index in [1.54, 1.807) is 6.07 Å². The van der Waals surface area contributed by atoms with Crippen molar-refractivity contribution in [2.75, 3.05) is 16.8 Å². The van der Waals surface area contributed by atoms with Crippen LogP contribution in [0.1, 0.15) is 21.5 Å². The maximum absolute atomic E-state index is 12.8. The zero-order chi connectivity index (χ0) is 15.0. The van der Waals surface area contributed by atoms with Crippen molar-refractivity contribution in [3.8, 4) is 0 Å². The molecule has 0 fully saturated rings. The fraction of sp³-hybridized carbons (Fsp3) is 0.176. The van der Waals surface area contributed by atoms with Gasteiger partial charge in [-0.3, -0.25) is 14.5 Å². The summed E-state index contributed by atoms with van der Waals surface area (Å²) in [6, 6.07) is 13.1. The summed E-state index contributed by atoms with van der Waals surface area (Å²) < 4.78 is 0. The molecule has 2 aromatic rings. The number of fused-ring (bicyclic) bond motifs is 1. The van der Waals surface area contributed by atoms with Gasteiger partial charge in [-0.1, -0.05) is 29.8 Å². The number of nitrogens with one attached hydrogen (secondary N) is 1. The Balaban J connectivity index is 2.06. The van der Waals surface area contributed by atoms with Crippen molar-refractivity contribution in [2.45, 2.75) is 13.8 Å². The highest BCUT2D eigenvalue weighted by atomic mass is 16.2. The first kappa shape index (κ1) is 13.4. The molecule has 0 saturated heterocycles. The summed E-state index contributed by atoms with van der Waals surface area (Å²) in [6.45, 7) is 3.90. The van der Waals surface area contributed by atoms with Gasteiger partial charge in [-0.2, -0.15) is 0 Å². The first-order valence-corrected chi connectivity index (χ1v) is 6.84. The van der Waals surface area contributed by atoms with E-state index in [9.17, 15) is 9.59 Å². The Labute approximate surface area is 123 Å². The number of aryl methyl sites for hydroxylation is 2. The van der Waals surface area contributed by atoms with Crippen molar-refractivity contribution in [1.29, 1.82) is 0 Å². The molecule has 1 aliphatic rings. The lowest BCUT2D eigenvalue weighted by atomic mass is 10.0. The first-order chi connectivity index (χ1) is 10.1. The number of carbonyl (C=O) groups excluding carboxylic acids is 2. The molecule has 3 rings (SSSR count). The SMILES string of the molecule is Cc1ccc(C)c(C(=O)N2CC(=O)Nc3ccccc32)c1. The van der Waals surface area contributed by atoms with Crippen LogP contribution in [0.5, 0.6) is 0 Å². The van der Waals surface area contributed by atoms with Gasteiger partial charge in [0.2, 0.25) is 5.91 Å². The van der Waals surface area contributed by atoms with Crippen molar-refractivity contribution in [3.05, 3.63) is 59.2 Å². The minimum atomic E-state index is -0.174. The molecule has 0 aromatic heterocycles. The number of hydrogen-bond donors (Lipinski definition) is 1. The molecule has 1 aliphatic heterocycles. The van der Waals surface area contributed by atoms with Gasteiger partial charge in [0, 0.05) is 5.56 Å². The molecule has 0 radical (unpaired) electrons. The van der Waals surface area contributed by atoms with E-state index in [4.69, 9.17) is 0 Å². The molecule has 0 spiro atoms. The van der Waals surface area contributed by atoms with Gasteiger partial charge >= 0.3 is 0 Å². The topological polar surface area (TPSA) is 49.4 Å². The van der Waals surface area contributed by atoms with Crippen LogP contribution in [0.15, 0.2) is 42.5 Å². The molecule has 1 heterocycles. The summed E-state index contributed by atoms with van der Waals surface area (Å²) in [5, 5.41) is 2.79. The summed E-state index contributed by atoms with van der Waals surface area (Å²) in [7, 11) is 0. The Morgan fingerprint density at radius 2 is 1.90 bits per heavy atom. The van der Waals surface area contributed by atoms with Crippen LogP contribution in [0.25, 0.3) is 0 Å². The molecule has 106 valence electrons. The average molecular weight is 280 g/mol. The minimum Gasteiger partial charge on any atom is -0.323 e. The van der Waals surface area contributed by atoms with Gasteiger partial charge in [0.15, 0.2) is 0 Å². The highest BCUT2D eigenvalue weighted by Crippen LogP contribution is 2.30. The predicted molar refractivity (Wildman–Crippen MR) is 82.7 cm³/mol. The molecular formula is C17H16N2O2. The third-order valence-corrected chi connectivity index (χ3v) is 3.64. The van der Waals surface area contributed by atoms with Gasteiger partial charge in [-0.05, 0) is 37.6 Å². The summed E-state index contributed by atoms with van der Waals surface area (Å²) in [6.07, 6.45) is 0. The van der Waals surface area contributed by atoms with Crippen molar-refractivity contribution >= 4 is 23.2 Å². The molecule has 4 nitrogen and oxygen atoms in total. The molecule has 1 N–H and O–H groups in total. The molecule has 0 aliphatic carbocycles. The van der Waals surface area contributed by atoms with E-state index in [1.807, 2.05) is 50.2 Å². The molecule has 0 saturated carbocycles. The van der Waals surface area contributed by atoms with Gasteiger partial charge in [0.05, 0.1) is 11.4 Å². The zero-order valence-corrected chi connectivity index (χ0v) is 12.0. The smallest absolute Gasteiger partial charge is 0.259 e. The molecular weight excluding hydrogens is 264 g/mol. The standard InChI is InChI=1S/C17H16N2O2/c1-11-7-8-12(2)13(9-11)17(21)19-10-16(20)18-14-5-3-4-6-15(14)19/h3-9H,10H2,1-2H3,(H,18,20). The van der Waals surface area contributed by atoms with Crippen LogP contribution in [0.2, 0.25) is 0 Å². The Morgan fingerprint density at radius 3 is 2.71 bits per heavy atom. The first-order valence-electron chi connectivity index (χ1n) is 6.84. The lowest BCUT2D eigenvalue weighted by Gasteiger charge is -2.29.